The molecule has 34 heavy (non-hydrogen) atoms. The Bertz CT molecular complexity index is 1420. The van der Waals surface area contributed by atoms with E-state index in [0.717, 1.165) is 29.5 Å². The first-order valence-electron chi connectivity index (χ1n) is 11.4. The molecular weight excluding hydrogens is 452 g/mol. The third-order valence-electron chi connectivity index (χ3n) is 5.94. The highest BCUT2D eigenvalue weighted by molar-refractivity contribution is 6.31. The van der Waals surface area contributed by atoms with Gasteiger partial charge in [-0.2, -0.15) is 0 Å². The van der Waals surface area contributed by atoms with Gasteiger partial charge in [-0.05, 0) is 48.7 Å². The second-order valence-electron chi connectivity index (χ2n) is 8.31. The van der Waals surface area contributed by atoms with Crippen molar-refractivity contribution in [2.45, 2.75) is 33.3 Å². The lowest BCUT2D eigenvalue weighted by Crippen LogP contribution is -2.15. The van der Waals surface area contributed by atoms with E-state index in [0.29, 0.717) is 64.4 Å². The number of benzene rings is 3. The monoisotopic (exact) mass is 476 g/mol. The van der Waals surface area contributed by atoms with Crippen LogP contribution in [0.4, 0.5) is 0 Å². The maximum atomic E-state index is 13.6. The molecule has 1 aliphatic heterocycles. The van der Waals surface area contributed by atoms with Gasteiger partial charge in [0, 0.05) is 16.7 Å². The van der Waals surface area contributed by atoms with E-state index in [-0.39, 0.29) is 5.43 Å². The van der Waals surface area contributed by atoms with Crippen LogP contribution in [0.15, 0.2) is 63.8 Å². The van der Waals surface area contributed by atoms with E-state index >= 15 is 0 Å². The highest BCUT2D eigenvalue weighted by Crippen LogP contribution is 2.36. The van der Waals surface area contributed by atoms with Crippen molar-refractivity contribution in [2.75, 3.05) is 13.2 Å². The summed E-state index contributed by atoms with van der Waals surface area (Å²) in [5.74, 6) is 2.55. The fourth-order valence-corrected chi connectivity index (χ4v) is 4.47. The van der Waals surface area contributed by atoms with Crippen LogP contribution in [0.5, 0.6) is 17.2 Å². The van der Waals surface area contributed by atoms with Gasteiger partial charge >= 0.3 is 0 Å². The summed E-state index contributed by atoms with van der Waals surface area (Å²) in [6.45, 7) is 5.24. The number of rotatable bonds is 6. The van der Waals surface area contributed by atoms with E-state index in [1.54, 1.807) is 6.92 Å². The summed E-state index contributed by atoms with van der Waals surface area (Å²) >= 11 is 6.29. The number of fused-ring (bicyclic) bond motifs is 2. The molecule has 174 valence electrons. The van der Waals surface area contributed by atoms with Crippen molar-refractivity contribution in [3.8, 4) is 28.4 Å². The molecule has 0 aliphatic carbocycles. The van der Waals surface area contributed by atoms with Crippen molar-refractivity contribution in [1.82, 2.24) is 0 Å². The normalized spacial score (nSPS) is 12.7. The molecule has 0 amide bonds. The van der Waals surface area contributed by atoms with Crippen molar-refractivity contribution in [3.63, 3.8) is 0 Å². The lowest BCUT2D eigenvalue weighted by atomic mass is 9.99. The molecule has 1 aromatic heterocycles. The zero-order chi connectivity index (χ0) is 23.7. The van der Waals surface area contributed by atoms with Gasteiger partial charge in [0.15, 0.2) is 11.5 Å². The van der Waals surface area contributed by atoms with Crippen molar-refractivity contribution in [1.29, 1.82) is 0 Å². The molecule has 0 atom stereocenters. The third kappa shape index (κ3) is 4.24. The first kappa shape index (κ1) is 22.4. The number of halogens is 1. The molecule has 6 heteroatoms. The summed E-state index contributed by atoms with van der Waals surface area (Å²) < 4.78 is 23.6. The predicted octanol–water partition coefficient (Wildman–Crippen LogP) is 6.72. The number of aryl methyl sites for hydroxylation is 2. The Morgan fingerprint density at radius 2 is 1.76 bits per heavy atom. The zero-order valence-corrected chi connectivity index (χ0v) is 19.9. The highest BCUT2D eigenvalue weighted by Gasteiger charge is 2.19. The number of hydrogen-bond acceptors (Lipinski definition) is 5. The van der Waals surface area contributed by atoms with Crippen molar-refractivity contribution in [3.05, 3.63) is 86.7 Å². The minimum atomic E-state index is -0.0783. The van der Waals surface area contributed by atoms with Crippen LogP contribution in [-0.4, -0.2) is 13.2 Å². The van der Waals surface area contributed by atoms with Crippen molar-refractivity contribution in [2.24, 2.45) is 0 Å². The highest BCUT2D eigenvalue weighted by atomic mass is 35.5. The van der Waals surface area contributed by atoms with Gasteiger partial charge in [-0.15, -0.1) is 0 Å². The molecule has 3 aromatic carbocycles. The van der Waals surface area contributed by atoms with Gasteiger partial charge in [-0.25, -0.2) is 0 Å². The molecule has 0 bridgehead atoms. The quantitative estimate of drug-likeness (QED) is 0.309. The first-order valence-corrected chi connectivity index (χ1v) is 11.8. The van der Waals surface area contributed by atoms with Gasteiger partial charge in [0.05, 0.1) is 10.9 Å². The molecule has 5 nitrogen and oxygen atoms in total. The Balaban J connectivity index is 1.57. The molecule has 0 saturated carbocycles. The van der Waals surface area contributed by atoms with E-state index in [2.05, 4.69) is 6.92 Å². The molecule has 0 unspecified atom stereocenters. The molecule has 0 radical (unpaired) electrons. The average molecular weight is 477 g/mol. The summed E-state index contributed by atoms with van der Waals surface area (Å²) in [4.78, 5) is 13.6. The summed E-state index contributed by atoms with van der Waals surface area (Å²) in [7, 11) is 0. The van der Waals surface area contributed by atoms with Crippen LogP contribution < -0.4 is 19.6 Å². The second-order valence-corrected chi connectivity index (χ2v) is 8.71. The first-order chi connectivity index (χ1) is 16.5. The largest absolute Gasteiger partial charge is 0.488 e. The minimum Gasteiger partial charge on any atom is -0.488 e. The van der Waals surface area contributed by atoms with Crippen molar-refractivity contribution >= 4 is 22.6 Å². The Morgan fingerprint density at radius 3 is 2.56 bits per heavy atom. The topological polar surface area (TPSA) is 57.9 Å². The van der Waals surface area contributed by atoms with Crippen LogP contribution >= 0.6 is 11.6 Å². The molecule has 0 saturated heterocycles. The van der Waals surface area contributed by atoms with Crippen LogP contribution in [0.2, 0.25) is 5.02 Å². The molecule has 5 rings (SSSR count). The second kappa shape index (κ2) is 9.43. The van der Waals surface area contributed by atoms with Crippen LogP contribution in [0.25, 0.3) is 22.1 Å². The molecule has 0 fully saturated rings. The van der Waals surface area contributed by atoms with Crippen LogP contribution in [0.3, 0.4) is 0 Å². The Hall–Kier alpha value is -3.44. The van der Waals surface area contributed by atoms with Crippen LogP contribution in [0.1, 0.15) is 30.2 Å². The number of hydrogen-bond donors (Lipinski definition) is 0. The maximum absolute atomic E-state index is 13.6. The van der Waals surface area contributed by atoms with Crippen LogP contribution in [0, 0.1) is 6.92 Å². The van der Waals surface area contributed by atoms with Gasteiger partial charge in [0.1, 0.15) is 36.9 Å². The van der Waals surface area contributed by atoms with Gasteiger partial charge in [0.2, 0.25) is 5.43 Å². The summed E-state index contributed by atoms with van der Waals surface area (Å²) in [6.07, 6.45) is 1.70. The van der Waals surface area contributed by atoms with E-state index < -0.39 is 0 Å². The van der Waals surface area contributed by atoms with E-state index in [9.17, 15) is 4.79 Å². The van der Waals surface area contributed by atoms with Crippen LogP contribution in [-0.2, 0) is 13.0 Å². The molecule has 2 heterocycles. The number of ether oxygens (including phenoxy) is 3. The van der Waals surface area contributed by atoms with Gasteiger partial charge < -0.3 is 18.6 Å². The fourth-order valence-electron chi connectivity index (χ4n) is 4.28. The maximum Gasteiger partial charge on any atom is 0.200 e. The fraction of sp³-hybridized carbons (Fsp3) is 0.250. The minimum absolute atomic E-state index is 0.0783. The van der Waals surface area contributed by atoms with Gasteiger partial charge in [-0.3, -0.25) is 4.79 Å². The summed E-state index contributed by atoms with van der Waals surface area (Å²) in [6, 6.07) is 16.9. The van der Waals surface area contributed by atoms with E-state index in [4.69, 9.17) is 30.2 Å². The van der Waals surface area contributed by atoms with E-state index in [1.807, 2.05) is 54.6 Å². The summed E-state index contributed by atoms with van der Waals surface area (Å²) in [5.41, 5.74) is 3.55. The van der Waals surface area contributed by atoms with Gasteiger partial charge in [0.25, 0.3) is 0 Å². The predicted molar refractivity (Wildman–Crippen MR) is 133 cm³/mol. The zero-order valence-electron chi connectivity index (χ0n) is 19.2. The molecule has 4 aromatic rings. The lowest BCUT2D eigenvalue weighted by molar-refractivity contribution is 0.171. The van der Waals surface area contributed by atoms with E-state index in [1.165, 1.54) is 0 Å². The molecule has 0 spiro atoms. The Morgan fingerprint density at radius 1 is 0.971 bits per heavy atom. The Labute approximate surface area is 202 Å². The average Bonchev–Trinajstić information content (AvgIpc) is 2.84. The summed E-state index contributed by atoms with van der Waals surface area (Å²) in [5, 5.41) is 1.19. The lowest BCUT2D eigenvalue weighted by Gasteiger charge is -2.19. The Kier molecular flexibility index (Phi) is 6.20. The third-order valence-corrected chi connectivity index (χ3v) is 6.31. The standard InChI is InChI=1S/C28H25ClO5/c1-3-6-18-13-21-25(15-24(18)33-16-20-7-4-5-8-22(20)29)34-17(2)27(28(21)30)19-9-10-23-26(14-19)32-12-11-31-23/h4-5,7-10,13-15H,3,6,11-12,16H2,1-2H3. The smallest absolute Gasteiger partial charge is 0.200 e. The molecule has 0 N–H and O–H groups in total. The van der Waals surface area contributed by atoms with Crippen molar-refractivity contribution < 1.29 is 18.6 Å². The molecular formula is C28H25ClO5. The SMILES string of the molecule is CCCc1cc2c(=O)c(-c3ccc4c(c3)OCCO4)c(C)oc2cc1OCc1ccccc1Cl. The molecule has 1 aliphatic rings. The van der Waals surface area contributed by atoms with Gasteiger partial charge in [-0.1, -0.05) is 49.2 Å².